The molecule has 8 nitrogen and oxygen atoms in total. The van der Waals surface area contributed by atoms with Crippen molar-refractivity contribution in [3.63, 3.8) is 0 Å². The Hall–Kier alpha value is -4.01. The predicted octanol–water partition coefficient (Wildman–Crippen LogP) is 3.08. The van der Waals surface area contributed by atoms with Gasteiger partial charge in [-0.15, -0.1) is 0 Å². The Kier molecular flexibility index (Phi) is 4.91. The van der Waals surface area contributed by atoms with E-state index >= 15 is 0 Å². The van der Waals surface area contributed by atoms with Crippen LogP contribution in [0.4, 0.5) is 4.39 Å². The van der Waals surface area contributed by atoms with Crippen LogP contribution < -0.4 is 0 Å². The summed E-state index contributed by atoms with van der Waals surface area (Å²) in [7, 11) is 0. The van der Waals surface area contributed by atoms with Gasteiger partial charge in [0.05, 0.1) is 12.1 Å². The number of pyridine rings is 3. The smallest absolute Gasteiger partial charge is 0.272 e. The lowest BCUT2D eigenvalue weighted by molar-refractivity contribution is 0.0782. The van der Waals surface area contributed by atoms with Crippen molar-refractivity contribution in [2.24, 2.45) is 0 Å². The van der Waals surface area contributed by atoms with Crippen LogP contribution in [-0.2, 0) is 0 Å². The molecule has 0 saturated carbocycles. The van der Waals surface area contributed by atoms with Crippen LogP contribution in [0.3, 0.4) is 0 Å². The second-order valence-electron chi connectivity index (χ2n) is 7.26. The zero-order chi connectivity index (χ0) is 21.2. The van der Waals surface area contributed by atoms with Crippen molar-refractivity contribution in [1.29, 1.82) is 0 Å². The van der Waals surface area contributed by atoms with E-state index in [2.05, 4.69) is 25.1 Å². The maximum absolute atomic E-state index is 13.2. The fraction of sp³-hybridized carbons (Fsp3) is 0.182. The van der Waals surface area contributed by atoms with Gasteiger partial charge in [0, 0.05) is 49.4 Å². The molecule has 5 rings (SSSR count). The van der Waals surface area contributed by atoms with Crippen molar-refractivity contribution in [3.05, 3.63) is 90.3 Å². The standard InChI is InChI=1S/C22H17FN6O2/c23-16-3-4-19(26-11-16)22(30)29-12-17(15-2-1-7-25-10-15)18(13-29)21-27-20(28-31-21)14-5-8-24-9-6-14/h1-11,17-18H,12-13H2/t17-,18+/m0/s1. The number of likely N-dealkylation sites (tertiary alicyclic amines) is 1. The topological polar surface area (TPSA) is 97.9 Å². The minimum atomic E-state index is -0.487. The van der Waals surface area contributed by atoms with Crippen LogP contribution in [0.25, 0.3) is 11.4 Å². The van der Waals surface area contributed by atoms with Gasteiger partial charge in [0.1, 0.15) is 11.5 Å². The monoisotopic (exact) mass is 416 g/mol. The summed E-state index contributed by atoms with van der Waals surface area (Å²) in [4.78, 5) is 31.4. The number of carbonyl (C=O) groups excluding carboxylic acids is 1. The van der Waals surface area contributed by atoms with Gasteiger partial charge in [0.15, 0.2) is 0 Å². The number of halogens is 1. The Morgan fingerprint density at radius 2 is 1.84 bits per heavy atom. The van der Waals surface area contributed by atoms with E-state index in [0.29, 0.717) is 24.8 Å². The highest BCUT2D eigenvalue weighted by molar-refractivity contribution is 5.92. The zero-order valence-corrected chi connectivity index (χ0v) is 16.3. The lowest BCUT2D eigenvalue weighted by Gasteiger charge is -2.16. The van der Waals surface area contributed by atoms with Crippen molar-refractivity contribution >= 4 is 5.91 Å². The fourth-order valence-corrected chi connectivity index (χ4v) is 3.82. The third-order valence-corrected chi connectivity index (χ3v) is 5.36. The highest BCUT2D eigenvalue weighted by Crippen LogP contribution is 2.39. The average Bonchev–Trinajstić information content (AvgIpc) is 3.48. The SMILES string of the molecule is O=C(c1ccc(F)cn1)N1C[C@@H](c2cccnc2)[C@H](c2nc(-c3ccncc3)no2)C1. The van der Waals surface area contributed by atoms with Crippen LogP contribution in [0.5, 0.6) is 0 Å². The normalized spacial score (nSPS) is 18.3. The summed E-state index contributed by atoms with van der Waals surface area (Å²) in [5.41, 5.74) is 1.96. The first-order valence-electron chi connectivity index (χ1n) is 9.74. The van der Waals surface area contributed by atoms with E-state index in [0.717, 1.165) is 17.3 Å². The average molecular weight is 416 g/mol. The Labute approximate surface area is 176 Å². The maximum Gasteiger partial charge on any atom is 0.272 e. The molecule has 4 aromatic rings. The van der Waals surface area contributed by atoms with Crippen molar-refractivity contribution < 1.29 is 13.7 Å². The molecule has 154 valence electrons. The molecule has 0 aliphatic carbocycles. The van der Waals surface area contributed by atoms with Crippen LogP contribution in [0, 0.1) is 5.82 Å². The van der Waals surface area contributed by atoms with Crippen LogP contribution in [0.15, 0.2) is 71.9 Å². The van der Waals surface area contributed by atoms with Gasteiger partial charge in [-0.05, 0) is 35.9 Å². The van der Waals surface area contributed by atoms with E-state index in [1.807, 2.05) is 12.1 Å². The molecular formula is C22H17FN6O2. The lowest BCUT2D eigenvalue weighted by atomic mass is 9.90. The summed E-state index contributed by atoms with van der Waals surface area (Å²) < 4.78 is 18.8. The molecule has 0 unspecified atom stereocenters. The van der Waals surface area contributed by atoms with Crippen LogP contribution in [0.2, 0.25) is 0 Å². The van der Waals surface area contributed by atoms with Gasteiger partial charge in [-0.2, -0.15) is 4.98 Å². The number of rotatable bonds is 4. The van der Waals surface area contributed by atoms with E-state index in [-0.39, 0.29) is 23.4 Å². The lowest BCUT2D eigenvalue weighted by Crippen LogP contribution is -2.29. The third kappa shape index (κ3) is 3.77. The second-order valence-corrected chi connectivity index (χ2v) is 7.26. The Morgan fingerprint density at radius 1 is 1.00 bits per heavy atom. The molecule has 1 saturated heterocycles. The molecule has 2 atom stereocenters. The molecule has 0 spiro atoms. The number of carbonyl (C=O) groups is 1. The summed E-state index contributed by atoms with van der Waals surface area (Å²) >= 11 is 0. The van der Waals surface area contributed by atoms with Crippen molar-refractivity contribution in [2.75, 3.05) is 13.1 Å². The van der Waals surface area contributed by atoms with Gasteiger partial charge in [0.2, 0.25) is 11.7 Å². The molecule has 1 amide bonds. The van der Waals surface area contributed by atoms with E-state index < -0.39 is 5.82 Å². The maximum atomic E-state index is 13.2. The number of nitrogens with zero attached hydrogens (tertiary/aromatic N) is 6. The summed E-state index contributed by atoms with van der Waals surface area (Å²) in [5.74, 6) is -0.139. The van der Waals surface area contributed by atoms with Crippen molar-refractivity contribution in [1.82, 2.24) is 30.0 Å². The second kappa shape index (κ2) is 8.02. The van der Waals surface area contributed by atoms with Crippen molar-refractivity contribution in [2.45, 2.75) is 11.8 Å². The summed E-state index contributed by atoms with van der Waals surface area (Å²) in [5, 5.41) is 4.11. The molecule has 0 bridgehead atoms. The molecule has 5 heterocycles. The molecule has 0 radical (unpaired) electrons. The summed E-state index contributed by atoms with van der Waals surface area (Å²) in [6.45, 7) is 0.802. The van der Waals surface area contributed by atoms with Gasteiger partial charge < -0.3 is 9.42 Å². The van der Waals surface area contributed by atoms with Gasteiger partial charge in [-0.25, -0.2) is 9.37 Å². The first kappa shape index (κ1) is 19.0. The zero-order valence-electron chi connectivity index (χ0n) is 16.3. The molecule has 1 fully saturated rings. The number of hydrogen-bond donors (Lipinski definition) is 0. The number of aromatic nitrogens is 5. The molecule has 4 aromatic heterocycles. The summed E-state index contributed by atoms with van der Waals surface area (Å²) in [6, 6.07) is 10.0. The molecule has 31 heavy (non-hydrogen) atoms. The third-order valence-electron chi connectivity index (χ3n) is 5.36. The van der Waals surface area contributed by atoms with E-state index in [4.69, 9.17) is 4.52 Å². The Morgan fingerprint density at radius 3 is 2.58 bits per heavy atom. The molecule has 1 aliphatic heterocycles. The van der Waals surface area contributed by atoms with Gasteiger partial charge >= 0.3 is 0 Å². The van der Waals surface area contributed by atoms with Gasteiger partial charge in [-0.3, -0.25) is 14.8 Å². The molecular weight excluding hydrogens is 399 g/mol. The highest BCUT2D eigenvalue weighted by Gasteiger charge is 2.41. The molecule has 0 aromatic carbocycles. The molecule has 9 heteroatoms. The number of amides is 1. The molecule has 0 N–H and O–H groups in total. The summed E-state index contributed by atoms with van der Waals surface area (Å²) in [6.07, 6.45) is 7.85. The largest absolute Gasteiger partial charge is 0.339 e. The molecule has 1 aliphatic rings. The highest BCUT2D eigenvalue weighted by atomic mass is 19.1. The fourth-order valence-electron chi connectivity index (χ4n) is 3.82. The first-order chi connectivity index (χ1) is 15.2. The number of hydrogen-bond acceptors (Lipinski definition) is 7. The van der Waals surface area contributed by atoms with Gasteiger partial charge in [-0.1, -0.05) is 11.2 Å². The Balaban J connectivity index is 1.46. The van der Waals surface area contributed by atoms with E-state index in [9.17, 15) is 9.18 Å². The van der Waals surface area contributed by atoms with Crippen LogP contribution >= 0.6 is 0 Å². The van der Waals surface area contributed by atoms with Crippen LogP contribution in [-0.4, -0.2) is 49.0 Å². The van der Waals surface area contributed by atoms with Gasteiger partial charge in [0.25, 0.3) is 5.91 Å². The quantitative estimate of drug-likeness (QED) is 0.504. The van der Waals surface area contributed by atoms with Crippen molar-refractivity contribution in [3.8, 4) is 11.4 Å². The minimum Gasteiger partial charge on any atom is -0.339 e. The first-order valence-corrected chi connectivity index (χ1v) is 9.74. The van der Waals surface area contributed by atoms with Crippen LogP contribution in [0.1, 0.15) is 33.8 Å². The minimum absolute atomic E-state index is 0.0798. The predicted molar refractivity (Wildman–Crippen MR) is 107 cm³/mol. The van der Waals surface area contributed by atoms with E-state index in [1.54, 1.807) is 41.8 Å². The van der Waals surface area contributed by atoms with E-state index in [1.165, 1.54) is 12.1 Å². The Bertz CT molecular complexity index is 1180.